The fourth-order valence-corrected chi connectivity index (χ4v) is 4.08. The third kappa shape index (κ3) is 3.98. The van der Waals surface area contributed by atoms with E-state index in [2.05, 4.69) is 15.7 Å². The Balaban J connectivity index is 1.59. The second kappa shape index (κ2) is 7.51. The number of anilines is 1. The second-order valence-electron chi connectivity index (χ2n) is 6.67. The van der Waals surface area contributed by atoms with Crippen molar-refractivity contribution in [3.8, 4) is 0 Å². The highest BCUT2D eigenvalue weighted by Gasteiger charge is 2.47. The largest absolute Gasteiger partial charge is 0.410 e. The summed E-state index contributed by atoms with van der Waals surface area (Å²) in [4.78, 5) is 13.4. The van der Waals surface area contributed by atoms with Crippen LogP contribution in [0.2, 0.25) is 0 Å². The van der Waals surface area contributed by atoms with Gasteiger partial charge in [0.1, 0.15) is 17.2 Å². The van der Waals surface area contributed by atoms with Crippen LogP contribution in [0, 0.1) is 5.82 Å². The van der Waals surface area contributed by atoms with E-state index >= 15 is 0 Å². The van der Waals surface area contributed by atoms with Crippen LogP contribution in [0.4, 0.5) is 23.4 Å². The van der Waals surface area contributed by atoms with Crippen LogP contribution >= 0.6 is 11.3 Å². The Morgan fingerprint density at radius 3 is 2.69 bits per heavy atom. The van der Waals surface area contributed by atoms with Gasteiger partial charge in [-0.1, -0.05) is 18.2 Å². The lowest BCUT2D eigenvalue weighted by atomic mass is 10.0. The van der Waals surface area contributed by atoms with E-state index in [1.165, 1.54) is 35.6 Å². The summed E-state index contributed by atoms with van der Waals surface area (Å²) in [6, 6.07) is 6.71. The van der Waals surface area contributed by atoms with Gasteiger partial charge in [-0.3, -0.25) is 4.79 Å². The average Bonchev–Trinajstić information content (AvgIpc) is 3.35. The zero-order chi connectivity index (χ0) is 20.6. The molecule has 4 rings (SSSR count). The highest BCUT2D eigenvalue weighted by molar-refractivity contribution is 7.10. The molecule has 0 saturated carbocycles. The molecular formula is C19H16F4N4OS. The third-order valence-corrected chi connectivity index (χ3v) is 5.72. The number of halogens is 4. The first kappa shape index (κ1) is 19.4. The standard InChI is InChI=1S/C19H16F4N4OS/c20-12-5-3-11(4-6-12)9-24-18(28)13-10-25-27-16(19(21,22)23)8-14(26-17(13)27)15-2-1-7-29-15/h1-7,10,14,16,26H,8-9H2,(H,24,28)/t14-,16-/m1/s1. The number of nitrogens with one attached hydrogen (secondary N) is 2. The first-order valence-electron chi connectivity index (χ1n) is 8.79. The Labute approximate surface area is 167 Å². The molecule has 3 aromatic rings. The Kier molecular flexibility index (Phi) is 5.03. The number of aromatic nitrogens is 2. The Bertz CT molecular complexity index is 998. The van der Waals surface area contributed by atoms with E-state index in [1.54, 1.807) is 17.5 Å². The first-order chi connectivity index (χ1) is 13.8. The van der Waals surface area contributed by atoms with Crippen molar-refractivity contribution in [1.29, 1.82) is 0 Å². The number of fused-ring (bicyclic) bond motifs is 1. The first-order valence-corrected chi connectivity index (χ1v) is 9.67. The summed E-state index contributed by atoms with van der Waals surface area (Å²) in [5.41, 5.74) is 0.695. The quantitative estimate of drug-likeness (QED) is 0.599. The number of carbonyl (C=O) groups excluding carboxylic acids is 1. The molecule has 0 spiro atoms. The molecule has 0 aliphatic carbocycles. The molecule has 5 nitrogen and oxygen atoms in total. The van der Waals surface area contributed by atoms with Gasteiger partial charge in [0, 0.05) is 17.8 Å². The maximum Gasteiger partial charge on any atom is 0.410 e. The summed E-state index contributed by atoms with van der Waals surface area (Å²) in [5, 5.41) is 11.3. The van der Waals surface area contributed by atoms with E-state index in [0.29, 0.717) is 5.56 Å². The number of carbonyl (C=O) groups is 1. The van der Waals surface area contributed by atoms with E-state index in [0.717, 1.165) is 15.8 Å². The zero-order valence-electron chi connectivity index (χ0n) is 14.9. The zero-order valence-corrected chi connectivity index (χ0v) is 15.7. The van der Waals surface area contributed by atoms with Gasteiger partial charge in [-0.05, 0) is 29.1 Å². The molecule has 3 heterocycles. The Morgan fingerprint density at radius 1 is 1.28 bits per heavy atom. The summed E-state index contributed by atoms with van der Waals surface area (Å²) in [6.07, 6.45) is -3.58. The van der Waals surface area contributed by atoms with Crippen molar-refractivity contribution in [3.05, 3.63) is 69.8 Å². The predicted octanol–water partition coefficient (Wildman–Crippen LogP) is 4.67. The molecule has 0 saturated heterocycles. The normalized spacial score (nSPS) is 18.8. The van der Waals surface area contributed by atoms with Gasteiger partial charge in [0.25, 0.3) is 5.91 Å². The molecule has 2 aromatic heterocycles. The minimum Gasteiger partial charge on any atom is -0.362 e. The molecular weight excluding hydrogens is 408 g/mol. The molecule has 0 fully saturated rings. The van der Waals surface area contributed by atoms with Crippen LogP contribution in [0.3, 0.4) is 0 Å². The van der Waals surface area contributed by atoms with Gasteiger partial charge in [0.2, 0.25) is 0 Å². The van der Waals surface area contributed by atoms with Gasteiger partial charge in [-0.2, -0.15) is 18.3 Å². The van der Waals surface area contributed by atoms with Crippen LogP contribution in [-0.4, -0.2) is 21.9 Å². The summed E-state index contributed by atoms with van der Waals surface area (Å²) in [7, 11) is 0. The maximum atomic E-state index is 13.6. The number of amides is 1. The fourth-order valence-electron chi connectivity index (χ4n) is 3.28. The van der Waals surface area contributed by atoms with Gasteiger partial charge < -0.3 is 10.6 Å². The smallest absolute Gasteiger partial charge is 0.362 e. The van der Waals surface area contributed by atoms with Crippen LogP contribution in [-0.2, 0) is 6.54 Å². The van der Waals surface area contributed by atoms with Crippen LogP contribution in [0.15, 0.2) is 48.0 Å². The molecule has 1 aromatic carbocycles. The van der Waals surface area contributed by atoms with E-state index < -0.39 is 30.0 Å². The highest BCUT2D eigenvalue weighted by Crippen LogP contribution is 2.45. The Hall–Kier alpha value is -2.88. The Morgan fingerprint density at radius 2 is 2.03 bits per heavy atom. The van der Waals surface area contributed by atoms with E-state index in [9.17, 15) is 22.4 Å². The summed E-state index contributed by atoms with van der Waals surface area (Å²) < 4.78 is 54.7. The predicted molar refractivity (Wildman–Crippen MR) is 100 cm³/mol. The van der Waals surface area contributed by atoms with Crippen molar-refractivity contribution >= 4 is 23.1 Å². The molecule has 0 radical (unpaired) electrons. The number of nitrogens with zero attached hydrogens (tertiary/aromatic N) is 2. The van der Waals surface area contributed by atoms with Crippen molar-refractivity contribution in [2.75, 3.05) is 5.32 Å². The van der Waals surface area contributed by atoms with Crippen molar-refractivity contribution in [2.45, 2.75) is 31.2 Å². The molecule has 2 N–H and O–H groups in total. The van der Waals surface area contributed by atoms with Crippen LogP contribution in [0.5, 0.6) is 0 Å². The van der Waals surface area contributed by atoms with E-state index in [4.69, 9.17) is 0 Å². The van der Waals surface area contributed by atoms with Gasteiger partial charge in [0.15, 0.2) is 6.04 Å². The molecule has 2 atom stereocenters. The highest BCUT2D eigenvalue weighted by atomic mass is 32.1. The van der Waals surface area contributed by atoms with Gasteiger partial charge >= 0.3 is 6.18 Å². The van der Waals surface area contributed by atoms with Crippen molar-refractivity contribution in [3.63, 3.8) is 0 Å². The summed E-state index contributed by atoms with van der Waals surface area (Å²) in [6.45, 7) is 0.112. The minimum absolute atomic E-state index is 0.0302. The van der Waals surface area contributed by atoms with E-state index in [1.807, 2.05) is 0 Å². The molecule has 0 unspecified atom stereocenters. The number of hydrogen-bond acceptors (Lipinski definition) is 4. The summed E-state index contributed by atoms with van der Waals surface area (Å²) >= 11 is 1.35. The number of benzene rings is 1. The van der Waals surface area contributed by atoms with Gasteiger partial charge in [-0.25, -0.2) is 9.07 Å². The molecule has 10 heteroatoms. The van der Waals surface area contributed by atoms with Crippen molar-refractivity contribution < 1.29 is 22.4 Å². The van der Waals surface area contributed by atoms with Crippen molar-refractivity contribution in [1.82, 2.24) is 15.1 Å². The van der Waals surface area contributed by atoms with Crippen LogP contribution < -0.4 is 10.6 Å². The average molecular weight is 424 g/mol. The molecule has 0 bridgehead atoms. The van der Waals surface area contributed by atoms with Crippen LogP contribution in [0.1, 0.15) is 39.3 Å². The summed E-state index contributed by atoms with van der Waals surface area (Å²) in [5.74, 6) is -0.919. The lowest BCUT2D eigenvalue weighted by Gasteiger charge is -2.33. The number of thiophene rings is 1. The molecule has 29 heavy (non-hydrogen) atoms. The molecule has 1 aliphatic rings. The molecule has 152 valence electrons. The molecule has 1 amide bonds. The van der Waals surface area contributed by atoms with Gasteiger partial charge in [0.05, 0.1) is 12.2 Å². The van der Waals surface area contributed by atoms with Crippen molar-refractivity contribution in [2.24, 2.45) is 0 Å². The SMILES string of the molecule is O=C(NCc1ccc(F)cc1)c1cnn2c1N[C@@H](c1cccs1)C[C@@H]2C(F)(F)F. The molecule has 1 aliphatic heterocycles. The lowest BCUT2D eigenvalue weighted by Crippen LogP contribution is -2.36. The van der Waals surface area contributed by atoms with Crippen LogP contribution in [0.25, 0.3) is 0 Å². The number of hydrogen-bond donors (Lipinski definition) is 2. The lowest BCUT2D eigenvalue weighted by molar-refractivity contribution is -0.173. The topological polar surface area (TPSA) is 59.0 Å². The monoisotopic (exact) mass is 424 g/mol. The minimum atomic E-state index is -4.50. The third-order valence-electron chi connectivity index (χ3n) is 4.74. The maximum absolute atomic E-state index is 13.6. The van der Waals surface area contributed by atoms with Gasteiger partial charge in [-0.15, -0.1) is 11.3 Å². The number of rotatable bonds is 4. The fraction of sp³-hybridized carbons (Fsp3) is 0.263. The van der Waals surface area contributed by atoms with E-state index in [-0.39, 0.29) is 24.3 Å². The second-order valence-corrected chi connectivity index (χ2v) is 7.65. The number of alkyl halides is 3.